The van der Waals surface area contributed by atoms with Crippen LogP contribution in [-0.2, 0) is 0 Å². The van der Waals surface area contributed by atoms with Gasteiger partial charge >= 0.3 is 5.97 Å². The summed E-state index contributed by atoms with van der Waals surface area (Å²) in [6.45, 7) is 0. The molecule has 0 amide bonds. The van der Waals surface area contributed by atoms with Gasteiger partial charge in [-0.25, -0.2) is 4.79 Å². The molecular weight excluding hydrogens is 194 g/mol. The molecule has 74 valence electrons. The predicted octanol–water partition coefficient (Wildman–Crippen LogP) is 1.24. The van der Waals surface area contributed by atoms with Gasteiger partial charge in [-0.2, -0.15) is 0 Å². The number of aromatic carboxylic acids is 1. The zero-order chi connectivity index (χ0) is 10.7. The maximum atomic E-state index is 10.6. The quantitative estimate of drug-likeness (QED) is 0.790. The first-order valence-electron chi connectivity index (χ1n) is 4.25. The van der Waals surface area contributed by atoms with Crippen molar-refractivity contribution in [1.82, 2.24) is 15.4 Å². The van der Waals surface area contributed by atoms with Gasteiger partial charge in [-0.15, -0.1) is 10.2 Å². The Bertz CT molecular complexity index is 468. The molecule has 5 nitrogen and oxygen atoms in total. The number of hydrogen-bond donors (Lipinski definition) is 1. The fourth-order valence-electron chi connectivity index (χ4n) is 1.18. The van der Waals surface area contributed by atoms with Crippen molar-refractivity contribution in [3.8, 4) is 11.3 Å². The maximum absolute atomic E-state index is 10.6. The van der Waals surface area contributed by atoms with E-state index in [1.165, 1.54) is 18.3 Å². The van der Waals surface area contributed by atoms with Gasteiger partial charge in [0.2, 0.25) is 0 Å². The van der Waals surface area contributed by atoms with Gasteiger partial charge in [0.05, 0.1) is 17.5 Å². The van der Waals surface area contributed by atoms with E-state index in [2.05, 4.69) is 15.4 Å². The van der Waals surface area contributed by atoms with Crippen LogP contribution >= 0.6 is 0 Å². The highest BCUT2D eigenvalue weighted by atomic mass is 16.4. The number of rotatable bonds is 2. The topological polar surface area (TPSA) is 76.0 Å². The molecule has 1 heterocycles. The van der Waals surface area contributed by atoms with Crippen LogP contribution in [0.15, 0.2) is 36.5 Å². The summed E-state index contributed by atoms with van der Waals surface area (Å²) in [6, 6.07) is 8.14. The second kappa shape index (κ2) is 3.83. The van der Waals surface area contributed by atoms with E-state index in [0.29, 0.717) is 5.69 Å². The van der Waals surface area contributed by atoms with Crippen LogP contribution in [0.2, 0.25) is 0 Å². The molecule has 0 fully saturated rings. The maximum Gasteiger partial charge on any atom is 0.335 e. The van der Waals surface area contributed by atoms with Gasteiger partial charge in [0, 0.05) is 5.56 Å². The van der Waals surface area contributed by atoms with Gasteiger partial charge in [-0.05, 0) is 23.4 Å². The normalized spacial score (nSPS) is 9.87. The lowest BCUT2D eigenvalue weighted by molar-refractivity contribution is 0.0697. The third-order valence-electron chi connectivity index (χ3n) is 1.93. The minimum atomic E-state index is -0.942. The van der Waals surface area contributed by atoms with Crippen molar-refractivity contribution in [1.29, 1.82) is 0 Å². The van der Waals surface area contributed by atoms with Crippen LogP contribution in [0, 0.1) is 0 Å². The molecule has 0 aliphatic rings. The molecule has 0 unspecified atom stereocenters. The van der Waals surface area contributed by atoms with E-state index in [9.17, 15) is 4.79 Å². The fourth-order valence-corrected chi connectivity index (χ4v) is 1.18. The Morgan fingerprint density at radius 2 is 1.87 bits per heavy atom. The van der Waals surface area contributed by atoms with Crippen molar-refractivity contribution >= 4 is 5.97 Å². The Kier molecular flexibility index (Phi) is 2.37. The second-order valence-electron chi connectivity index (χ2n) is 2.89. The summed E-state index contributed by atoms with van der Waals surface area (Å²) in [5.74, 6) is -0.942. The number of carboxylic acids is 1. The van der Waals surface area contributed by atoms with Crippen molar-refractivity contribution in [2.75, 3.05) is 0 Å². The Balaban J connectivity index is 2.36. The highest BCUT2D eigenvalue weighted by Gasteiger charge is 2.03. The minimum absolute atomic E-state index is 0.251. The average Bonchev–Trinajstić information content (AvgIpc) is 2.30. The van der Waals surface area contributed by atoms with Gasteiger partial charge in [0.1, 0.15) is 0 Å². The number of benzene rings is 1. The van der Waals surface area contributed by atoms with Gasteiger partial charge in [0.15, 0.2) is 0 Å². The summed E-state index contributed by atoms with van der Waals surface area (Å²) in [5, 5.41) is 19.6. The molecule has 2 aromatic rings. The first-order valence-corrected chi connectivity index (χ1v) is 4.25. The SMILES string of the molecule is O=C(O)c1ccc(-c2ccnnn2)cc1. The third kappa shape index (κ3) is 1.96. The molecule has 0 aliphatic heterocycles. The van der Waals surface area contributed by atoms with Crippen LogP contribution in [0.4, 0.5) is 0 Å². The second-order valence-corrected chi connectivity index (χ2v) is 2.89. The number of carboxylic acid groups (broad SMARTS) is 1. The first-order chi connectivity index (χ1) is 7.27. The molecule has 5 heteroatoms. The van der Waals surface area contributed by atoms with Gasteiger partial charge in [-0.1, -0.05) is 12.1 Å². The van der Waals surface area contributed by atoms with Crippen molar-refractivity contribution in [2.24, 2.45) is 0 Å². The van der Waals surface area contributed by atoms with Gasteiger partial charge < -0.3 is 5.11 Å². The average molecular weight is 201 g/mol. The van der Waals surface area contributed by atoms with Crippen molar-refractivity contribution in [3.05, 3.63) is 42.1 Å². The van der Waals surface area contributed by atoms with Gasteiger partial charge in [-0.3, -0.25) is 0 Å². The lowest BCUT2D eigenvalue weighted by Gasteiger charge is -1.99. The first kappa shape index (κ1) is 9.26. The van der Waals surface area contributed by atoms with E-state index in [4.69, 9.17) is 5.11 Å². The largest absolute Gasteiger partial charge is 0.478 e. The van der Waals surface area contributed by atoms with Crippen LogP contribution < -0.4 is 0 Å². The summed E-state index contributed by atoms with van der Waals surface area (Å²) in [7, 11) is 0. The zero-order valence-electron chi connectivity index (χ0n) is 7.66. The summed E-state index contributed by atoms with van der Waals surface area (Å²) in [6.07, 6.45) is 1.54. The van der Waals surface area contributed by atoms with E-state index in [0.717, 1.165) is 5.56 Å². The summed E-state index contributed by atoms with van der Waals surface area (Å²) >= 11 is 0. The smallest absolute Gasteiger partial charge is 0.335 e. The lowest BCUT2D eigenvalue weighted by atomic mass is 10.1. The minimum Gasteiger partial charge on any atom is -0.478 e. The van der Waals surface area contributed by atoms with Crippen molar-refractivity contribution < 1.29 is 9.90 Å². The molecule has 0 atom stereocenters. The Morgan fingerprint density at radius 3 is 2.40 bits per heavy atom. The van der Waals surface area contributed by atoms with E-state index < -0.39 is 5.97 Å². The van der Waals surface area contributed by atoms with Crippen LogP contribution in [0.5, 0.6) is 0 Å². The molecule has 2 rings (SSSR count). The van der Waals surface area contributed by atoms with Crippen molar-refractivity contribution in [2.45, 2.75) is 0 Å². The fraction of sp³-hybridized carbons (Fsp3) is 0. The predicted molar refractivity (Wildman–Crippen MR) is 52.2 cm³/mol. The molecule has 0 radical (unpaired) electrons. The summed E-state index contributed by atoms with van der Waals surface area (Å²) in [5.41, 5.74) is 1.73. The van der Waals surface area contributed by atoms with Crippen LogP contribution in [-0.4, -0.2) is 26.5 Å². The molecule has 1 aromatic heterocycles. The van der Waals surface area contributed by atoms with Crippen LogP contribution in [0.3, 0.4) is 0 Å². The van der Waals surface area contributed by atoms with Crippen molar-refractivity contribution in [3.63, 3.8) is 0 Å². The Hall–Kier alpha value is -2.30. The zero-order valence-corrected chi connectivity index (χ0v) is 7.66. The van der Waals surface area contributed by atoms with E-state index in [-0.39, 0.29) is 5.56 Å². The molecule has 0 aliphatic carbocycles. The number of hydrogen-bond acceptors (Lipinski definition) is 4. The third-order valence-corrected chi connectivity index (χ3v) is 1.93. The standard InChI is InChI=1S/C10H7N3O2/c14-10(15)8-3-1-7(2-4-8)9-5-6-11-13-12-9/h1-6H,(H,14,15). The molecular formula is C10H7N3O2. The number of nitrogens with zero attached hydrogens (tertiary/aromatic N) is 3. The molecule has 1 aromatic carbocycles. The monoisotopic (exact) mass is 201 g/mol. The summed E-state index contributed by atoms with van der Waals surface area (Å²) in [4.78, 5) is 10.6. The van der Waals surface area contributed by atoms with E-state index in [1.54, 1.807) is 18.2 Å². The number of carbonyl (C=O) groups is 1. The molecule has 0 saturated carbocycles. The highest BCUT2D eigenvalue weighted by molar-refractivity contribution is 5.88. The molecule has 0 saturated heterocycles. The van der Waals surface area contributed by atoms with E-state index >= 15 is 0 Å². The van der Waals surface area contributed by atoms with Crippen LogP contribution in [0.1, 0.15) is 10.4 Å². The Labute approximate surface area is 85.4 Å². The molecule has 0 bridgehead atoms. The lowest BCUT2D eigenvalue weighted by Crippen LogP contribution is -1.95. The number of aromatic nitrogens is 3. The van der Waals surface area contributed by atoms with E-state index in [1.807, 2.05) is 0 Å². The Morgan fingerprint density at radius 1 is 1.13 bits per heavy atom. The highest BCUT2D eigenvalue weighted by Crippen LogP contribution is 2.15. The molecule has 0 spiro atoms. The van der Waals surface area contributed by atoms with Crippen LogP contribution in [0.25, 0.3) is 11.3 Å². The molecule has 1 N–H and O–H groups in total. The van der Waals surface area contributed by atoms with Gasteiger partial charge in [0.25, 0.3) is 0 Å². The molecule has 15 heavy (non-hydrogen) atoms. The summed E-state index contributed by atoms with van der Waals surface area (Å²) < 4.78 is 0.